The molecule has 0 unspecified atom stereocenters. The zero-order chi connectivity index (χ0) is 15.2. The van der Waals surface area contributed by atoms with Gasteiger partial charge in [0, 0.05) is 20.8 Å². The summed E-state index contributed by atoms with van der Waals surface area (Å²) < 4.78 is 13.5. The summed E-state index contributed by atoms with van der Waals surface area (Å²) in [6.07, 6.45) is 0. The highest BCUT2D eigenvalue weighted by atomic mass is 35.5. The van der Waals surface area contributed by atoms with E-state index in [2.05, 4.69) is 17.2 Å². The summed E-state index contributed by atoms with van der Waals surface area (Å²) in [7, 11) is 0. The van der Waals surface area contributed by atoms with Crippen LogP contribution < -0.4 is 11.1 Å². The minimum absolute atomic E-state index is 0.0674. The van der Waals surface area contributed by atoms with Crippen molar-refractivity contribution in [3.63, 3.8) is 0 Å². The summed E-state index contributed by atoms with van der Waals surface area (Å²) in [6.45, 7) is 0.607. The van der Waals surface area contributed by atoms with Gasteiger partial charge in [-0.25, -0.2) is 4.39 Å². The van der Waals surface area contributed by atoms with Gasteiger partial charge in [-0.3, -0.25) is 4.79 Å². The van der Waals surface area contributed by atoms with E-state index in [0.717, 1.165) is 10.4 Å². The summed E-state index contributed by atoms with van der Waals surface area (Å²) in [5, 5.41) is 4.85. The van der Waals surface area contributed by atoms with E-state index in [1.165, 1.54) is 29.5 Å². The molecule has 0 aliphatic carbocycles. The molecule has 1 heterocycles. The van der Waals surface area contributed by atoms with Gasteiger partial charge < -0.3 is 11.1 Å². The number of nitrogens with two attached hydrogens (primary N) is 1. The van der Waals surface area contributed by atoms with Gasteiger partial charge in [-0.1, -0.05) is 23.4 Å². The Hall–Kier alpha value is -1.87. The van der Waals surface area contributed by atoms with Gasteiger partial charge in [0.05, 0.1) is 18.7 Å². The zero-order valence-electron chi connectivity index (χ0n) is 11.0. The molecule has 1 aromatic carbocycles. The van der Waals surface area contributed by atoms with Crippen LogP contribution in [0.25, 0.3) is 0 Å². The first-order valence-corrected chi connectivity index (χ1v) is 7.35. The lowest BCUT2D eigenvalue weighted by Crippen LogP contribution is -2.23. The van der Waals surface area contributed by atoms with E-state index in [0.29, 0.717) is 18.1 Å². The molecule has 0 spiro atoms. The molecule has 0 fully saturated rings. The maximum Gasteiger partial charge on any atom is 0.254 e. The Morgan fingerprint density at radius 3 is 3.00 bits per heavy atom. The Labute approximate surface area is 130 Å². The van der Waals surface area contributed by atoms with E-state index in [4.69, 9.17) is 17.3 Å². The summed E-state index contributed by atoms with van der Waals surface area (Å²) in [6, 6.07) is 5.74. The Kier molecular flexibility index (Phi) is 5.34. The van der Waals surface area contributed by atoms with Crippen LogP contribution in [0.4, 0.5) is 4.39 Å². The summed E-state index contributed by atoms with van der Waals surface area (Å²) in [5.41, 5.74) is 6.08. The monoisotopic (exact) mass is 322 g/mol. The largest absolute Gasteiger partial charge is 0.347 e. The van der Waals surface area contributed by atoms with Crippen LogP contribution in [0.5, 0.6) is 0 Å². The molecule has 2 rings (SSSR count). The van der Waals surface area contributed by atoms with Gasteiger partial charge in [-0.2, -0.15) is 0 Å². The SMILES string of the molecule is NCC#Cc1csc(CNC(=O)c2cc(Cl)ccc2F)c1. The van der Waals surface area contributed by atoms with E-state index < -0.39 is 11.7 Å². The third kappa shape index (κ3) is 4.30. The Bertz CT molecular complexity index is 718. The minimum Gasteiger partial charge on any atom is -0.347 e. The molecule has 3 nitrogen and oxygen atoms in total. The van der Waals surface area contributed by atoms with Gasteiger partial charge in [0.2, 0.25) is 0 Å². The Morgan fingerprint density at radius 1 is 1.43 bits per heavy atom. The smallest absolute Gasteiger partial charge is 0.254 e. The number of rotatable bonds is 3. The van der Waals surface area contributed by atoms with Gasteiger partial charge >= 0.3 is 0 Å². The van der Waals surface area contributed by atoms with Gasteiger partial charge in [-0.05, 0) is 24.3 Å². The van der Waals surface area contributed by atoms with Crippen LogP contribution in [-0.4, -0.2) is 12.5 Å². The first-order chi connectivity index (χ1) is 10.1. The number of thiophene rings is 1. The molecule has 6 heteroatoms. The molecular formula is C15H12ClFN2OS. The molecule has 0 saturated carbocycles. The van der Waals surface area contributed by atoms with Crippen LogP contribution in [0.1, 0.15) is 20.8 Å². The van der Waals surface area contributed by atoms with E-state index >= 15 is 0 Å². The maximum atomic E-state index is 13.5. The van der Waals surface area contributed by atoms with Crippen LogP contribution in [0.15, 0.2) is 29.6 Å². The topological polar surface area (TPSA) is 55.1 Å². The lowest BCUT2D eigenvalue weighted by molar-refractivity contribution is 0.0947. The molecule has 0 aliphatic heterocycles. The number of carbonyl (C=O) groups excluding carboxylic acids is 1. The van der Waals surface area contributed by atoms with Gasteiger partial charge in [0.1, 0.15) is 5.82 Å². The molecule has 21 heavy (non-hydrogen) atoms. The molecule has 3 N–H and O–H groups in total. The van der Waals surface area contributed by atoms with E-state index in [1.807, 2.05) is 11.4 Å². The lowest BCUT2D eigenvalue weighted by atomic mass is 10.2. The fraction of sp³-hybridized carbons (Fsp3) is 0.133. The first-order valence-electron chi connectivity index (χ1n) is 6.09. The molecule has 0 atom stereocenters. The maximum absolute atomic E-state index is 13.5. The number of hydrogen-bond acceptors (Lipinski definition) is 3. The predicted octanol–water partition coefficient (Wildman–Crippen LogP) is 2.78. The van der Waals surface area contributed by atoms with Crippen molar-refractivity contribution in [3.05, 3.63) is 56.5 Å². The van der Waals surface area contributed by atoms with Gasteiger partial charge in [-0.15, -0.1) is 11.3 Å². The molecule has 1 aromatic heterocycles. The van der Waals surface area contributed by atoms with Crippen LogP contribution in [-0.2, 0) is 6.54 Å². The number of nitrogens with one attached hydrogen (secondary N) is 1. The third-order valence-corrected chi connectivity index (χ3v) is 3.76. The second-order valence-electron chi connectivity index (χ2n) is 4.11. The van der Waals surface area contributed by atoms with Crippen molar-refractivity contribution in [2.45, 2.75) is 6.54 Å². The van der Waals surface area contributed by atoms with Crippen molar-refractivity contribution in [2.24, 2.45) is 5.73 Å². The molecule has 0 saturated heterocycles. The van der Waals surface area contributed by atoms with Crippen molar-refractivity contribution in [1.29, 1.82) is 0 Å². The van der Waals surface area contributed by atoms with Crippen LogP contribution >= 0.6 is 22.9 Å². The van der Waals surface area contributed by atoms with Gasteiger partial charge in [0.25, 0.3) is 5.91 Å². The molecular weight excluding hydrogens is 311 g/mol. The van der Waals surface area contributed by atoms with Gasteiger partial charge in [0.15, 0.2) is 0 Å². The predicted molar refractivity (Wildman–Crippen MR) is 82.8 cm³/mol. The van der Waals surface area contributed by atoms with E-state index in [-0.39, 0.29) is 5.56 Å². The molecule has 1 amide bonds. The normalized spacial score (nSPS) is 9.86. The number of carbonyl (C=O) groups is 1. The molecule has 108 valence electrons. The van der Waals surface area contributed by atoms with E-state index in [9.17, 15) is 9.18 Å². The highest BCUT2D eigenvalue weighted by Gasteiger charge is 2.12. The fourth-order valence-electron chi connectivity index (χ4n) is 1.63. The molecule has 0 bridgehead atoms. The lowest BCUT2D eigenvalue weighted by Gasteiger charge is -2.05. The Balaban J connectivity index is 2.01. The first kappa shape index (κ1) is 15.5. The van der Waals surface area contributed by atoms with Crippen LogP contribution in [0.3, 0.4) is 0 Å². The summed E-state index contributed by atoms with van der Waals surface area (Å²) >= 11 is 7.23. The van der Waals surface area contributed by atoms with Crippen molar-refractivity contribution in [1.82, 2.24) is 5.32 Å². The zero-order valence-corrected chi connectivity index (χ0v) is 12.5. The molecule has 0 aliphatic rings. The third-order valence-electron chi connectivity index (χ3n) is 2.58. The quantitative estimate of drug-likeness (QED) is 0.854. The van der Waals surface area contributed by atoms with Crippen LogP contribution in [0, 0.1) is 17.7 Å². The average molecular weight is 323 g/mol. The van der Waals surface area contributed by atoms with Crippen molar-refractivity contribution in [2.75, 3.05) is 6.54 Å². The van der Waals surface area contributed by atoms with Crippen molar-refractivity contribution < 1.29 is 9.18 Å². The second-order valence-corrected chi connectivity index (χ2v) is 5.55. The summed E-state index contributed by atoms with van der Waals surface area (Å²) in [5.74, 6) is 4.56. The molecule has 2 aromatic rings. The average Bonchev–Trinajstić information content (AvgIpc) is 2.93. The second kappa shape index (κ2) is 7.23. The number of benzene rings is 1. The standard InChI is InChI=1S/C15H12ClFN2OS/c16-11-3-4-14(17)13(7-11)15(20)19-8-12-6-10(9-21-12)2-1-5-18/h3-4,6-7,9H,5,8,18H2,(H,19,20). The summed E-state index contributed by atoms with van der Waals surface area (Å²) in [4.78, 5) is 12.8. The number of hydrogen-bond donors (Lipinski definition) is 2. The number of halogens is 2. The molecule has 0 radical (unpaired) electrons. The fourth-order valence-corrected chi connectivity index (χ4v) is 2.55. The minimum atomic E-state index is -0.599. The Morgan fingerprint density at radius 2 is 2.24 bits per heavy atom. The van der Waals surface area contributed by atoms with Crippen LogP contribution in [0.2, 0.25) is 5.02 Å². The van der Waals surface area contributed by atoms with Crippen molar-refractivity contribution >= 4 is 28.8 Å². The highest BCUT2D eigenvalue weighted by Crippen LogP contribution is 2.16. The number of amides is 1. The van der Waals surface area contributed by atoms with E-state index in [1.54, 1.807) is 0 Å². The van der Waals surface area contributed by atoms with Crippen molar-refractivity contribution in [3.8, 4) is 11.8 Å². The highest BCUT2D eigenvalue weighted by molar-refractivity contribution is 7.10.